The van der Waals surface area contributed by atoms with E-state index < -0.39 is 0 Å². The summed E-state index contributed by atoms with van der Waals surface area (Å²) in [6.45, 7) is 5.12. The maximum Gasteiger partial charge on any atom is 0.226 e. The van der Waals surface area contributed by atoms with Crippen LogP contribution in [0.4, 0.5) is 11.8 Å². The number of rotatable bonds is 5. The average molecular weight is 304 g/mol. The van der Waals surface area contributed by atoms with Crippen molar-refractivity contribution in [1.82, 2.24) is 9.97 Å². The fourth-order valence-corrected chi connectivity index (χ4v) is 3.90. The standard InChI is InChI=1S/C16H24N4S/c1-3-12-10-13-14(18-11-8-6-5-7-9-11)19-16(17-4-2)20-15(13)21-12/h10-11H,3-9H2,1-2H3,(H2,17,18,19,20). The van der Waals surface area contributed by atoms with E-state index in [4.69, 9.17) is 4.98 Å². The van der Waals surface area contributed by atoms with Gasteiger partial charge in [-0.15, -0.1) is 11.3 Å². The second-order valence-corrected chi connectivity index (χ2v) is 6.81. The summed E-state index contributed by atoms with van der Waals surface area (Å²) in [5.41, 5.74) is 0. The molecule has 0 saturated heterocycles. The van der Waals surface area contributed by atoms with Gasteiger partial charge < -0.3 is 10.6 Å². The predicted octanol–water partition coefficient (Wildman–Crippen LogP) is 4.43. The van der Waals surface area contributed by atoms with Gasteiger partial charge in [0.25, 0.3) is 0 Å². The first kappa shape index (κ1) is 14.6. The van der Waals surface area contributed by atoms with Crippen molar-refractivity contribution in [3.63, 3.8) is 0 Å². The number of nitrogens with zero attached hydrogens (tertiary/aromatic N) is 2. The zero-order chi connectivity index (χ0) is 14.7. The first-order chi connectivity index (χ1) is 10.3. The molecule has 2 N–H and O–H groups in total. The Morgan fingerprint density at radius 2 is 2.00 bits per heavy atom. The summed E-state index contributed by atoms with van der Waals surface area (Å²) in [5, 5.41) is 8.11. The molecule has 0 amide bonds. The number of anilines is 2. The normalized spacial score (nSPS) is 16.3. The number of thiophene rings is 1. The molecule has 4 nitrogen and oxygen atoms in total. The Morgan fingerprint density at radius 3 is 2.71 bits per heavy atom. The number of hydrogen-bond donors (Lipinski definition) is 2. The van der Waals surface area contributed by atoms with Crippen molar-refractivity contribution < 1.29 is 0 Å². The van der Waals surface area contributed by atoms with Crippen LogP contribution in [-0.2, 0) is 6.42 Å². The lowest BCUT2D eigenvalue weighted by atomic mass is 9.95. The van der Waals surface area contributed by atoms with Crippen LogP contribution >= 0.6 is 11.3 Å². The SMILES string of the molecule is CCNc1nc(NC2CCCCC2)c2cc(CC)sc2n1. The summed E-state index contributed by atoms with van der Waals surface area (Å²) in [6.07, 6.45) is 7.60. The predicted molar refractivity (Wildman–Crippen MR) is 91.5 cm³/mol. The van der Waals surface area contributed by atoms with Crippen molar-refractivity contribution in [3.05, 3.63) is 10.9 Å². The maximum atomic E-state index is 4.71. The van der Waals surface area contributed by atoms with Crippen LogP contribution in [-0.4, -0.2) is 22.6 Å². The molecule has 1 saturated carbocycles. The van der Waals surface area contributed by atoms with Gasteiger partial charge in [-0.05, 0) is 32.3 Å². The van der Waals surface area contributed by atoms with Crippen LogP contribution in [0.5, 0.6) is 0 Å². The Hall–Kier alpha value is -1.36. The van der Waals surface area contributed by atoms with Gasteiger partial charge in [0.2, 0.25) is 5.95 Å². The van der Waals surface area contributed by atoms with Gasteiger partial charge in [-0.3, -0.25) is 0 Å². The third-order valence-corrected chi connectivity index (χ3v) is 5.25. The summed E-state index contributed by atoms with van der Waals surface area (Å²) < 4.78 is 0. The third kappa shape index (κ3) is 3.28. The van der Waals surface area contributed by atoms with E-state index in [-0.39, 0.29) is 0 Å². The minimum absolute atomic E-state index is 0.566. The van der Waals surface area contributed by atoms with Crippen LogP contribution in [0, 0.1) is 0 Å². The summed E-state index contributed by atoms with van der Waals surface area (Å²) in [7, 11) is 0. The molecule has 1 aliphatic carbocycles. The van der Waals surface area contributed by atoms with E-state index in [1.165, 1.54) is 42.4 Å². The van der Waals surface area contributed by atoms with E-state index in [0.717, 1.165) is 29.6 Å². The molecule has 2 aromatic heterocycles. The topological polar surface area (TPSA) is 49.8 Å². The monoisotopic (exact) mass is 304 g/mol. The van der Waals surface area contributed by atoms with E-state index in [2.05, 4.69) is 35.5 Å². The van der Waals surface area contributed by atoms with Gasteiger partial charge >= 0.3 is 0 Å². The highest BCUT2D eigenvalue weighted by Gasteiger charge is 2.17. The Kier molecular flexibility index (Phi) is 4.58. The van der Waals surface area contributed by atoms with Crippen LogP contribution in [0.15, 0.2) is 6.07 Å². The van der Waals surface area contributed by atoms with Crippen molar-refractivity contribution in [2.45, 2.75) is 58.4 Å². The van der Waals surface area contributed by atoms with Crippen LogP contribution in [0.3, 0.4) is 0 Å². The van der Waals surface area contributed by atoms with E-state index in [9.17, 15) is 0 Å². The van der Waals surface area contributed by atoms with Crippen LogP contribution in [0.25, 0.3) is 10.2 Å². The molecular formula is C16H24N4S. The Morgan fingerprint density at radius 1 is 1.19 bits per heavy atom. The molecular weight excluding hydrogens is 280 g/mol. The van der Waals surface area contributed by atoms with Gasteiger partial charge in [-0.25, -0.2) is 4.98 Å². The molecule has 1 aliphatic rings. The summed E-state index contributed by atoms with van der Waals surface area (Å²) in [5.74, 6) is 1.76. The fraction of sp³-hybridized carbons (Fsp3) is 0.625. The second kappa shape index (κ2) is 6.60. The van der Waals surface area contributed by atoms with Gasteiger partial charge in [0.1, 0.15) is 10.6 Å². The molecule has 21 heavy (non-hydrogen) atoms. The molecule has 3 rings (SSSR count). The van der Waals surface area contributed by atoms with Crippen molar-refractivity contribution in [1.29, 1.82) is 0 Å². The first-order valence-electron chi connectivity index (χ1n) is 8.11. The maximum absolute atomic E-state index is 4.71. The van der Waals surface area contributed by atoms with Crippen molar-refractivity contribution >= 4 is 33.3 Å². The van der Waals surface area contributed by atoms with Crippen LogP contribution < -0.4 is 10.6 Å². The Balaban J connectivity index is 1.94. The van der Waals surface area contributed by atoms with Gasteiger partial charge in [-0.1, -0.05) is 26.2 Å². The highest BCUT2D eigenvalue weighted by atomic mass is 32.1. The number of aromatic nitrogens is 2. The van der Waals surface area contributed by atoms with E-state index >= 15 is 0 Å². The second-order valence-electron chi connectivity index (χ2n) is 5.69. The van der Waals surface area contributed by atoms with Crippen molar-refractivity contribution in [2.24, 2.45) is 0 Å². The molecule has 0 bridgehead atoms. The molecule has 0 aromatic carbocycles. The van der Waals surface area contributed by atoms with Gasteiger partial charge in [-0.2, -0.15) is 4.98 Å². The molecule has 0 unspecified atom stereocenters. The van der Waals surface area contributed by atoms with Gasteiger partial charge in [0, 0.05) is 17.5 Å². The van der Waals surface area contributed by atoms with Crippen molar-refractivity contribution in [2.75, 3.05) is 17.2 Å². The highest BCUT2D eigenvalue weighted by molar-refractivity contribution is 7.18. The largest absolute Gasteiger partial charge is 0.367 e. The lowest BCUT2D eigenvalue weighted by Crippen LogP contribution is -2.23. The van der Waals surface area contributed by atoms with E-state index in [0.29, 0.717) is 6.04 Å². The lowest BCUT2D eigenvalue weighted by molar-refractivity contribution is 0.462. The number of fused-ring (bicyclic) bond motifs is 1. The molecule has 0 aliphatic heterocycles. The van der Waals surface area contributed by atoms with Gasteiger partial charge in [0.05, 0.1) is 5.39 Å². The molecule has 0 radical (unpaired) electrons. The molecule has 0 atom stereocenters. The fourth-order valence-electron chi connectivity index (χ4n) is 2.93. The first-order valence-corrected chi connectivity index (χ1v) is 8.92. The van der Waals surface area contributed by atoms with Crippen LogP contribution in [0.1, 0.15) is 50.8 Å². The third-order valence-electron chi connectivity index (χ3n) is 4.07. The molecule has 114 valence electrons. The number of nitrogens with one attached hydrogen (secondary N) is 2. The molecule has 2 aromatic rings. The minimum Gasteiger partial charge on any atom is -0.367 e. The zero-order valence-electron chi connectivity index (χ0n) is 12.9. The summed E-state index contributed by atoms with van der Waals surface area (Å²) in [4.78, 5) is 11.8. The van der Waals surface area contributed by atoms with Crippen molar-refractivity contribution in [3.8, 4) is 0 Å². The lowest BCUT2D eigenvalue weighted by Gasteiger charge is -2.23. The highest BCUT2D eigenvalue weighted by Crippen LogP contribution is 2.32. The zero-order valence-corrected chi connectivity index (χ0v) is 13.7. The minimum atomic E-state index is 0.566. The van der Waals surface area contributed by atoms with E-state index in [1.807, 2.05) is 0 Å². The molecule has 5 heteroatoms. The summed E-state index contributed by atoms with van der Waals surface area (Å²) in [6, 6.07) is 2.82. The quantitative estimate of drug-likeness (QED) is 0.858. The molecule has 0 spiro atoms. The molecule has 1 fully saturated rings. The smallest absolute Gasteiger partial charge is 0.226 e. The average Bonchev–Trinajstić information content (AvgIpc) is 2.92. The van der Waals surface area contributed by atoms with Crippen LogP contribution in [0.2, 0.25) is 0 Å². The molecule has 2 heterocycles. The summed E-state index contributed by atoms with van der Waals surface area (Å²) >= 11 is 1.78. The number of hydrogen-bond acceptors (Lipinski definition) is 5. The Bertz CT molecular complexity index is 602. The number of aryl methyl sites for hydroxylation is 1. The Labute approximate surface area is 130 Å². The van der Waals surface area contributed by atoms with E-state index in [1.54, 1.807) is 11.3 Å². The van der Waals surface area contributed by atoms with Gasteiger partial charge in [0.15, 0.2) is 0 Å².